The minimum absolute atomic E-state index is 0.167. The van der Waals surface area contributed by atoms with Gasteiger partial charge < -0.3 is 0 Å². The van der Waals surface area contributed by atoms with Crippen LogP contribution in [-0.2, 0) is 20.0 Å². The molecule has 0 spiro atoms. The highest BCUT2D eigenvalue weighted by Gasteiger charge is 2.22. The summed E-state index contributed by atoms with van der Waals surface area (Å²) >= 11 is 0. The fourth-order valence-corrected chi connectivity index (χ4v) is 5.02. The van der Waals surface area contributed by atoms with Gasteiger partial charge in [-0.05, 0) is 48.9 Å². The van der Waals surface area contributed by atoms with Gasteiger partial charge in [0, 0.05) is 6.07 Å². The van der Waals surface area contributed by atoms with E-state index in [9.17, 15) is 30.0 Å². The van der Waals surface area contributed by atoms with Crippen LogP contribution in [0.1, 0.15) is 5.56 Å². The highest BCUT2D eigenvalue weighted by molar-refractivity contribution is 7.93. The van der Waals surface area contributed by atoms with Gasteiger partial charge in [0.1, 0.15) is 17.5 Å². The van der Waals surface area contributed by atoms with Crippen LogP contribution in [0.3, 0.4) is 0 Å². The van der Waals surface area contributed by atoms with Crippen molar-refractivity contribution in [3.05, 3.63) is 83.7 Å². The van der Waals surface area contributed by atoms with Gasteiger partial charge >= 0.3 is 0 Å². The number of sulfonamides is 2. The molecule has 2 N–H and O–H groups in total. The fourth-order valence-electron chi connectivity index (χ4n) is 2.59. The molecule has 0 bridgehead atoms. The lowest BCUT2D eigenvalue weighted by Crippen LogP contribution is -2.17. The van der Waals surface area contributed by atoms with Crippen molar-refractivity contribution in [1.29, 1.82) is 0 Å². The Morgan fingerprint density at radius 1 is 0.733 bits per heavy atom. The number of rotatable bonds is 6. The molecular weight excluding hydrogens is 441 g/mol. The molecule has 11 heteroatoms. The predicted molar refractivity (Wildman–Crippen MR) is 106 cm³/mol. The van der Waals surface area contributed by atoms with E-state index >= 15 is 0 Å². The van der Waals surface area contributed by atoms with Crippen LogP contribution in [0, 0.1) is 24.4 Å². The normalized spacial score (nSPS) is 11.9. The molecule has 30 heavy (non-hydrogen) atoms. The molecule has 0 heterocycles. The van der Waals surface area contributed by atoms with Crippen molar-refractivity contribution in [2.45, 2.75) is 16.7 Å². The Kier molecular flexibility index (Phi) is 5.77. The molecule has 0 aromatic heterocycles. The van der Waals surface area contributed by atoms with Crippen molar-refractivity contribution in [3.8, 4) is 0 Å². The van der Waals surface area contributed by atoms with E-state index in [-0.39, 0.29) is 21.8 Å². The maximum absolute atomic E-state index is 13.8. The molecule has 6 nitrogen and oxygen atoms in total. The third-order valence-corrected chi connectivity index (χ3v) is 6.86. The van der Waals surface area contributed by atoms with Crippen LogP contribution in [0.5, 0.6) is 0 Å². The van der Waals surface area contributed by atoms with Gasteiger partial charge in [-0.1, -0.05) is 18.2 Å². The number of halogens is 3. The summed E-state index contributed by atoms with van der Waals surface area (Å²) in [5.41, 5.74) is -0.184. The van der Waals surface area contributed by atoms with Crippen LogP contribution in [0.2, 0.25) is 0 Å². The van der Waals surface area contributed by atoms with E-state index in [1.165, 1.54) is 37.3 Å². The quantitative estimate of drug-likeness (QED) is 0.586. The molecule has 0 saturated heterocycles. The molecule has 3 aromatic rings. The van der Waals surface area contributed by atoms with Gasteiger partial charge in [0.25, 0.3) is 20.0 Å². The summed E-state index contributed by atoms with van der Waals surface area (Å²) in [4.78, 5) is -0.981. The Labute approximate surface area is 171 Å². The number of benzene rings is 3. The summed E-state index contributed by atoms with van der Waals surface area (Å²) in [5.74, 6) is -2.96. The second-order valence-corrected chi connectivity index (χ2v) is 9.61. The summed E-state index contributed by atoms with van der Waals surface area (Å²) in [6.45, 7) is 1.47. The first-order chi connectivity index (χ1) is 14.0. The number of aryl methyl sites for hydroxylation is 1. The van der Waals surface area contributed by atoms with E-state index in [4.69, 9.17) is 0 Å². The highest BCUT2D eigenvalue weighted by Crippen LogP contribution is 2.26. The Hall–Kier alpha value is -3.05. The van der Waals surface area contributed by atoms with Crippen LogP contribution in [0.25, 0.3) is 0 Å². The summed E-state index contributed by atoms with van der Waals surface area (Å²) in [6.07, 6.45) is 0. The Morgan fingerprint density at radius 3 is 2.00 bits per heavy atom. The predicted octanol–water partition coefficient (Wildman–Crippen LogP) is 4.01. The van der Waals surface area contributed by atoms with Crippen LogP contribution in [-0.4, -0.2) is 16.8 Å². The third-order valence-electron chi connectivity index (χ3n) is 3.99. The molecule has 0 radical (unpaired) electrons. The van der Waals surface area contributed by atoms with E-state index in [1.54, 1.807) is 0 Å². The second-order valence-electron chi connectivity index (χ2n) is 6.28. The van der Waals surface area contributed by atoms with Crippen LogP contribution in [0.15, 0.2) is 70.5 Å². The van der Waals surface area contributed by atoms with Gasteiger partial charge in [0.2, 0.25) is 0 Å². The topological polar surface area (TPSA) is 92.3 Å². The van der Waals surface area contributed by atoms with Crippen molar-refractivity contribution in [2.24, 2.45) is 0 Å². The minimum atomic E-state index is -4.40. The average Bonchev–Trinajstić information content (AvgIpc) is 2.64. The van der Waals surface area contributed by atoms with Gasteiger partial charge in [-0.25, -0.2) is 30.0 Å². The van der Waals surface area contributed by atoms with Gasteiger partial charge in [0.05, 0.1) is 21.2 Å². The highest BCUT2D eigenvalue weighted by atomic mass is 32.2. The molecule has 3 aromatic carbocycles. The average molecular weight is 456 g/mol. The molecule has 0 aliphatic carbocycles. The molecule has 0 fully saturated rings. The standard InChI is InChI=1S/C19H15F3N2O4S2/c1-12-6-7-15(23-29(25,26)16-9-13(20)8-14(21)10-16)11-19(12)30(27,28)24-18-5-3-2-4-17(18)22/h2-11,23-24H,1H3. The smallest absolute Gasteiger partial charge is 0.262 e. The first kappa shape index (κ1) is 21.7. The first-order valence-electron chi connectivity index (χ1n) is 8.35. The largest absolute Gasteiger partial charge is 0.280 e. The zero-order chi connectivity index (χ0) is 22.1. The van der Waals surface area contributed by atoms with Crippen molar-refractivity contribution < 1.29 is 30.0 Å². The zero-order valence-electron chi connectivity index (χ0n) is 15.4. The maximum atomic E-state index is 13.8. The number of hydrogen-bond donors (Lipinski definition) is 2. The van der Waals surface area contributed by atoms with E-state index < -0.39 is 42.4 Å². The second kappa shape index (κ2) is 8.00. The summed E-state index contributed by atoms with van der Waals surface area (Å²) in [5, 5.41) is 0. The molecule has 0 amide bonds. The van der Waals surface area contributed by atoms with Gasteiger partial charge in [-0.2, -0.15) is 0 Å². The third kappa shape index (κ3) is 4.74. The van der Waals surface area contributed by atoms with Gasteiger partial charge in [-0.15, -0.1) is 0 Å². The molecular formula is C19H15F3N2O4S2. The first-order valence-corrected chi connectivity index (χ1v) is 11.3. The number of anilines is 2. The molecule has 0 aliphatic heterocycles. The monoisotopic (exact) mass is 456 g/mol. The van der Waals surface area contributed by atoms with Crippen molar-refractivity contribution >= 4 is 31.4 Å². The number of para-hydroxylation sites is 1. The number of hydrogen-bond acceptors (Lipinski definition) is 4. The SMILES string of the molecule is Cc1ccc(NS(=O)(=O)c2cc(F)cc(F)c2)cc1S(=O)(=O)Nc1ccccc1F. The van der Waals surface area contributed by atoms with Crippen molar-refractivity contribution in [2.75, 3.05) is 9.44 Å². The van der Waals surface area contributed by atoms with E-state index in [0.717, 1.165) is 12.1 Å². The lowest BCUT2D eigenvalue weighted by molar-refractivity contribution is 0.568. The maximum Gasteiger partial charge on any atom is 0.262 e. The van der Waals surface area contributed by atoms with E-state index in [1.807, 2.05) is 0 Å². The van der Waals surface area contributed by atoms with Gasteiger partial charge in [0.15, 0.2) is 0 Å². The molecule has 0 aliphatic rings. The van der Waals surface area contributed by atoms with Crippen LogP contribution < -0.4 is 9.44 Å². The number of nitrogens with one attached hydrogen (secondary N) is 2. The summed E-state index contributed by atoms with van der Waals surface area (Å²) in [7, 11) is -8.67. The zero-order valence-corrected chi connectivity index (χ0v) is 17.0. The molecule has 0 atom stereocenters. The minimum Gasteiger partial charge on any atom is -0.280 e. The van der Waals surface area contributed by atoms with Gasteiger partial charge in [-0.3, -0.25) is 9.44 Å². The van der Waals surface area contributed by atoms with Crippen molar-refractivity contribution in [1.82, 2.24) is 0 Å². The lowest BCUT2D eigenvalue weighted by atomic mass is 10.2. The summed E-state index contributed by atoms with van der Waals surface area (Å²) < 4.78 is 95.0. The lowest BCUT2D eigenvalue weighted by Gasteiger charge is -2.14. The van der Waals surface area contributed by atoms with E-state index in [0.29, 0.717) is 18.2 Å². The molecule has 0 saturated carbocycles. The fraction of sp³-hybridized carbons (Fsp3) is 0.0526. The van der Waals surface area contributed by atoms with Crippen LogP contribution >= 0.6 is 0 Å². The molecule has 3 rings (SSSR count). The Morgan fingerprint density at radius 2 is 1.37 bits per heavy atom. The molecule has 158 valence electrons. The van der Waals surface area contributed by atoms with Crippen molar-refractivity contribution in [3.63, 3.8) is 0 Å². The van der Waals surface area contributed by atoms with Crippen LogP contribution in [0.4, 0.5) is 24.5 Å². The Bertz CT molecular complexity index is 1310. The summed E-state index contributed by atoms with van der Waals surface area (Å²) in [6, 6.07) is 10.5. The molecule has 0 unspecified atom stereocenters. The Balaban J connectivity index is 1.96. The van der Waals surface area contributed by atoms with E-state index in [2.05, 4.69) is 9.44 Å².